The van der Waals surface area contributed by atoms with E-state index in [-0.39, 0.29) is 23.3 Å². The first-order chi connectivity index (χ1) is 12.3. The summed E-state index contributed by atoms with van der Waals surface area (Å²) in [6.45, 7) is 6.57. The van der Waals surface area contributed by atoms with Gasteiger partial charge in [0.1, 0.15) is 4.90 Å². The van der Waals surface area contributed by atoms with Gasteiger partial charge in [0.15, 0.2) is 0 Å². The summed E-state index contributed by atoms with van der Waals surface area (Å²) >= 11 is 0. The van der Waals surface area contributed by atoms with Crippen molar-refractivity contribution in [3.63, 3.8) is 0 Å². The zero-order chi connectivity index (χ0) is 18.9. The van der Waals surface area contributed by atoms with E-state index in [1.807, 2.05) is 11.9 Å². The molecule has 3 rings (SSSR count). The van der Waals surface area contributed by atoms with Crippen LogP contribution in [0, 0.1) is 25.7 Å². The number of nitrogens with one attached hydrogen (secondary N) is 2. The number of sulfonamides is 1. The van der Waals surface area contributed by atoms with Crippen molar-refractivity contribution < 1.29 is 13.2 Å². The Labute approximate surface area is 155 Å². The van der Waals surface area contributed by atoms with E-state index < -0.39 is 10.0 Å². The molecule has 0 aromatic carbocycles. The monoisotopic (exact) mass is 383 g/mol. The highest BCUT2D eigenvalue weighted by Crippen LogP contribution is 2.28. The van der Waals surface area contributed by atoms with Crippen molar-refractivity contribution in [2.45, 2.75) is 38.0 Å². The smallest absolute Gasteiger partial charge is 0.246 e. The fourth-order valence-corrected chi connectivity index (χ4v) is 6.01. The van der Waals surface area contributed by atoms with Crippen LogP contribution in [0.15, 0.2) is 4.90 Å². The quantitative estimate of drug-likeness (QED) is 0.771. The maximum absolute atomic E-state index is 13.0. The molecule has 0 radical (unpaired) electrons. The molecule has 8 nitrogen and oxygen atoms in total. The van der Waals surface area contributed by atoms with Crippen molar-refractivity contribution >= 4 is 15.9 Å². The molecule has 2 saturated heterocycles. The summed E-state index contributed by atoms with van der Waals surface area (Å²) in [6, 6.07) is 0. The van der Waals surface area contributed by atoms with Gasteiger partial charge in [-0.2, -0.15) is 9.40 Å². The van der Waals surface area contributed by atoms with Gasteiger partial charge in [-0.1, -0.05) is 0 Å². The second-order valence-corrected chi connectivity index (χ2v) is 9.34. The van der Waals surface area contributed by atoms with Crippen LogP contribution in [-0.2, 0) is 14.8 Å². The number of hydrogen-bond acceptors (Lipinski definition) is 5. The van der Waals surface area contributed by atoms with E-state index in [9.17, 15) is 13.2 Å². The number of hydrogen-bond donors (Lipinski definition) is 2. The van der Waals surface area contributed by atoms with E-state index in [0.717, 1.165) is 32.5 Å². The van der Waals surface area contributed by atoms with Crippen LogP contribution in [-0.4, -0.2) is 73.5 Å². The first kappa shape index (κ1) is 19.3. The zero-order valence-corrected chi connectivity index (χ0v) is 16.6. The van der Waals surface area contributed by atoms with E-state index in [1.165, 1.54) is 4.31 Å². The minimum atomic E-state index is -3.63. The van der Waals surface area contributed by atoms with Crippen LogP contribution in [0.3, 0.4) is 0 Å². The highest BCUT2D eigenvalue weighted by atomic mass is 32.2. The molecule has 2 atom stereocenters. The molecule has 2 aliphatic rings. The summed E-state index contributed by atoms with van der Waals surface area (Å²) < 4.78 is 27.6. The minimum Gasteiger partial charge on any atom is -0.342 e. The molecule has 2 aliphatic heterocycles. The number of carbonyl (C=O) groups excluding carboxylic acids is 1. The Morgan fingerprint density at radius 1 is 1.27 bits per heavy atom. The average molecular weight is 384 g/mol. The topological polar surface area (TPSA) is 98.4 Å². The first-order valence-electron chi connectivity index (χ1n) is 9.29. The lowest BCUT2D eigenvalue weighted by atomic mass is 9.98. The van der Waals surface area contributed by atoms with Gasteiger partial charge < -0.3 is 10.2 Å². The molecule has 0 spiro atoms. The van der Waals surface area contributed by atoms with Crippen molar-refractivity contribution in [1.29, 1.82) is 0 Å². The zero-order valence-electron chi connectivity index (χ0n) is 15.8. The Morgan fingerprint density at radius 2 is 2.04 bits per heavy atom. The molecular weight excluding hydrogens is 354 g/mol. The van der Waals surface area contributed by atoms with Gasteiger partial charge >= 0.3 is 0 Å². The van der Waals surface area contributed by atoms with Crippen molar-refractivity contribution in [3.8, 4) is 0 Å². The summed E-state index contributed by atoms with van der Waals surface area (Å²) in [5.74, 6) is 0.340. The lowest BCUT2D eigenvalue weighted by Crippen LogP contribution is -2.46. The molecule has 1 aromatic heterocycles. The number of aryl methyl sites for hydroxylation is 2. The molecule has 146 valence electrons. The third kappa shape index (κ3) is 3.65. The van der Waals surface area contributed by atoms with E-state index >= 15 is 0 Å². The molecule has 1 amide bonds. The van der Waals surface area contributed by atoms with E-state index in [0.29, 0.717) is 30.3 Å². The molecule has 3 heterocycles. The Hall–Kier alpha value is -1.45. The Morgan fingerprint density at radius 3 is 2.69 bits per heavy atom. The summed E-state index contributed by atoms with van der Waals surface area (Å²) in [5, 5.41) is 9.92. The third-order valence-electron chi connectivity index (χ3n) is 5.48. The van der Waals surface area contributed by atoms with Crippen LogP contribution in [0.4, 0.5) is 0 Å². The lowest BCUT2D eigenvalue weighted by Gasteiger charge is -2.33. The average Bonchev–Trinajstić information content (AvgIpc) is 3.21. The van der Waals surface area contributed by atoms with Crippen LogP contribution in [0.2, 0.25) is 0 Å². The highest BCUT2D eigenvalue weighted by Gasteiger charge is 2.38. The molecule has 0 saturated carbocycles. The molecule has 2 N–H and O–H groups in total. The molecular formula is C17H29N5O3S. The van der Waals surface area contributed by atoms with Gasteiger partial charge in [-0.3, -0.25) is 9.89 Å². The van der Waals surface area contributed by atoms with Gasteiger partial charge in [-0.15, -0.1) is 0 Å². The number of aromatic amines is 1. The van der Waals surface area contributed by atoms with Crippen LogP contribution < -0.4 is 5.32 Å². The third-order valence-corrected chi connectivity index (χ3v) is 7.61. The summed E-state index contributed by atoms with van der Waals surface area (Å²) in [4.78, 5) is 15.1. The Balaban J connectivity index is 1.71. The number of carbonyl (C=O) groups is 1. The van der Waals surface area contributed by atoms with Crippen molar-refractivity contribution in [1.82, 2.24) is 24.7 Å². The van der Waals surface area contributed by atoms with Gasteiger partial charge in [0.05, 0.1) is 17.3 Å². The second kappa shape index (κ2) is 7.66. The van der Waals surface area contributed by atoms with Gasteiger partial charge in [-0.05, 0) is 52.6 Å². The van der Waals surface area contributed by atoms with Gasteiger partial charge in [0.25, 0.3) is 0 Å². The highest BCUT2D eigenvalue weighted by molar-refractivity contribution is 7.89. The van der Waals surface area contributed by atoms with Gasteiger partial charge in [-0.25, -0.2) is 8.42 Å². The van der Waals surface area contributed by atoms with Crippen LogP contribution >= 0.6 is 0 Å². The number of H-pyrrole nitrogens is 1. The molecule has 2 unspecified atom stereocenters. The molecule has 2 fully saturated rings. The summed E-state index contributed by atoms with van der Waals surface area (Å²) in [7, 11) is -1.71. The normalized spacial score (nSPS) is 25.0. The fourth-order valence-electron chi connectivity index (χ4n) is 4.16. The van der Waals surface area contributed by atoms with Crippen LogP contribution in [0.5, 0.6) is 0 Å². The number of aromatic nitrogens is 2. The number of nitrogens with zero attached hydrogens (tertiary/aromatic N) is 3. The molecule has 26 heavy (non-hydrogen) atoms. The molecule has 1 aromatic rings. The maximum Gasteiger partial charge on any atom is 0.246 e. The summed E-state index contributed by atoms with van der Waals surface area (Å²) in [6.07, 6.45) is 2.47. The summed E-state index contributed by atoms with van der Waals surface area (Å²) in [5.41, 5.74) is 1.02. The predicted octanol–water partition coefficient (Wildman–Crippen LogP) is 0.495. The number of piperidine rings is 1. The van der Waals surface area contributed by atoms with Crippen molar-refractivity contribution in [2.24, 2.45) is 11.8 Å². The SMILES string of the molecule is CNCC1CCN(C(=O)C2CCCN(S(=O)(=O)c3c(C)n[nH]c3C)C2)C1. The van der Waals surface area contributed by atoms with E-state index in [1.54, 1.807) is 13.8 Å². The van der Waals surface area contributed by atoms with Gasteiger partial charge in [0.2, 0.25) is 15.9 Å². The number of likely N-dealkylation sites (tertiary alicyclic amines) is 1. The fraction of sp³-hybridized carbons (Fsp3) is 0.765. The molecule has 0 aliphatic carbocycles. The standard InChI is InChI=1S/C17H29N5O3S/c1-12-16(13(2)20-19-12)26(24,25)22-7-4-5-15(11-22)17(23)21-8-6-14(10-21)9-18-3/h14-15,18H,4-11H2,1-3H3,(H,19,20). The predicted molar refractivity (Wildman–Crippen MR) is 98.2 cm³/mol. The van der Waals surface area contributed by atoms with Gasteiger partial charge in [0, 0.05) is 26.2 Å². The Kier molecular flexibility index (Phi) is 5.69. The minimum absolute atomic E-state index is 0.101. The molecule has 9 heteroatoms. The van der Waals surface area contributed by atoms with E-state index in [4.69, 9.17) is 0 Å². The van der Waals surface area contributed by atoms with Crippen molar-refractivity contribution in [2.75, 3.05) is 39.8 Å². The lowest BCUT2D eigenvalue weighted by molar-refractivity contribution is -0.135. The number of amides is 1. The largest absolute Gasteiger partial charge is 0.342 e. The van der Waals surface area contributed by atoms with Crippen molar-refractivity contribution in [3.05, 3.63) is 11.4 Å². The maximum atomic E-state index is 13.0. The molecule has 0 bridgehead atoms. The second-order valence-electron chi connectivity index (χ2n) is 7.46. The van der Waals surface area contributed by atoms with Crippen LogP contribution in [0.1, 0.15) is 30.7 Å². The first-order valence-corrected chi connectivity index (χ1v) is 10.7. The number of rotatable bonds is 5. The van der Waals surface area contributed by atoms with E-state index in [2.05, 4.69) is 15.5 Å². The van der Waals surface area contributed by atoms with Crippen LogP contribution in [0.25, 0.3) is 0 Å². The Bertz CT molecular complexity index is 741.